The van der Waals surface area contributed by atoms with Crippen molar-refractivity contribution in [1.29, 1.82) is 0 Å². The number of nitrogens with one attached hydrogen (secondary N) is 2. The summed E-state index contributed by atoms with van der Waals surface area (Å²) < 4.78 is 5.65. The molecule has 0 atom stereocenters. The zero-order valence-corrected chi connectivity index (χ0v) is 15.5. The van der Waals surface area contributed by atoms with Gasteiger partial charge in [0.05, 0.1) is 13.2 Å². The van der Waals surface area contributed by atoms with Gasteiger partial charge in [-0.1, -0.05) is 19.1 Å². The van der Waals surface area contributed by atoms with E-state index in [1.54, 1.807) is 7.05 Å². The summed E-state index contributed by atoms with van der Waals surface area (Å²) in [6.07, 6.45) is 3.55. The van der Waals surface area contributed by atoms with Gasteiger partial charge in [-0.15, -0.1) is 0 Å². The number of nitrogens with zero attached hydrogens (tertiary/aromatic N) is 2. The first kappa shape index (κ1) is 19.2. The fourth-order valence-corrected chi connectivity index (χ4v) is 2.46. The van der Waals surface area contributed by atoms with E-state index in [1.807, 2.05) is 30.1 Å². The summed E-state index contributed by atoms with van der Waals surface area (Å²) in [5.74, 6) is 1.37. The molecule has 1 aromatic carbocycles. The lowest BCUT2D eigenvalue weighted by atomic mass is 10.1. The Bertz CT molecular complexity index is 585. The quantitative estimate of drug-likeness (QED) is 0.408. The van der Waals surface area contributed by atoms with Gasteiger partial charge in [0.15, 0.2) is 5.96 Å². The average molecular weight is 346 g/mol. The van der Waals surface area contributed by atoms with Crippen molar-refractivity contribution in [2.24, 2.45) is 10.9 Å². The van der Waals surface area contributed by atoms with Crippen molar-refractivity contribution < 1.29 is 9.53 Å². The third-order valence-electron chi connectivity index (χ3n) is 4.22. The Morgan fingerprint density at radius 1 is 1.40 bits per heavy atom. The van der Waals surface area contributed by atoms with Crippen LogP contribution in [0.4, 0.5) is 5.69 Å². The first-order valence-corrected chi connectivity index (χ1v) is 9.00. The first-order chi connectivity index (χ1) is 12.1. The fraction of sp³-hybridized carbons (Fsp3) is 0.579. The van der Waals surface area contributed by atoms with Gasteiger partial charge in [-0.2, -0.15) is 0 Å². The van der Waals surface area contributed by atoms with E-state index in [4.69, 9.17) is 4.74 Å². The van der Waals surface area contributed by atoms with E-state index in [-0.39, 0.29) is 12.5 Å². The Morgan fingerprint density at radius 3 is 2.88 bits per heavy atom. The Balaban J connectivity index is 1.69. The molecule has 1 saturated carbocycles. The van der Waals surface area contributed by atoms with Crippen molar-refractivity contribution in [2.45, 2.75) is 26.2 Å². The molecule has 0 bridgehead atoms. The number of likely N-dealkylation sites (N-methyl/N-ethyl adjacent to an activating group) is 1. The van der Waals surface area contributed by atoms with Crippen molar-refractivity contribution >= 4 is 17.6 Å². The first-order valence-electron chi connectivity index (χ1n) is 9.00. The molecule has 0 radical (unpaired) electrons. The van der Waals surface area contributed by atoms with Crippen molar-refractivity contribution in [3.63, 3.8) is 0 Å². The van der Waals surface area contributed by atoms with E-state index in [1.165, 1.54) is 18.4 Å². The highest BCUT2D eigenvalue weighted by Gasteiger charge is 2.21. The van der Waals surface area contributed by atoms with Crippen LogP contribution in [0.25, 0.3) is 0 Å². The summed E-state index contributed by atoms with van der Waals surface area (Å²) >= 11 is 0. The smallest absolute Gasteiger partial charge is 0.243 e. The monoisotopic (exact) mass is 346 g/mol. The number of benzene rings is 1. The molecule has 0 saturated heterocycles. The van der Waals surface area contributed by atoms with Gasteiger partial charge in [-0.25, -0.2) is 0 Å². The maximum atomic E-state index is 12.1. The number of anilines is 1. The molecular weight excluding hydrogens is 316 g/mol. The van der Waals surface area contributed by atoms with Crippen molar-refractivity contribution in [1.82, 2.24) is 10.2 Å². The van der Waals surface area contributed by atoms with Gasteiger partial charge in [-0.05, 0) is 42.9 Å². The number of carbonyl (C=O) groups is 1. The summed E-state index contributed by atoms with van der Waals surface area (Å²) in [6.45, 7) is 4.54. The predicted molar refractivity (Wildman–Crippen MR) is 102 cm³/mol. The molecular formula is C19H30N4O2. The summed E-state index contributed by atoms with van der Waals surface area (Å²) in [4.78, 5) is 18.3. The number of rotatable bonds is 9. The third kappa shape index (κ3) is 7.13. The van der Waals surface area contributed by atoms with E-state index in [9.17, 15) is 4.79 Å². The lowest BCUT2D eigenvalue weighted by molar-refractivity contribution is -0.115. The third-order valence-corrected chi connectivity index (χ3v) is 4.22. The number of ether oxygens (including phenoxy) is 1. The van der Waals surface area contributed by atoms with Gasteiger partial charge in [-0.3, -0.25) is 9.79 Å². The summed E-state index contributed by atoms with van der Waals surface area (Å²) in [5.41, 5.74) is 2.02. The maximum absolute atomic E-state index is 12.1. The average Bonchev–Trinajstić information content (AvgIpc) is 3.43. The lowest BCUT2D eigenvalue weighted by Gasteiger charge is -2.21. The minimum absolute atomic E-state index is 0.0900. The van der Waals surface area contributed by atoms with Gasteiger partial charge in [0.25, 0.3) is 0 Å². The minimum Gasteiger partial charge on any atom is -0.379 e. The standard InChI is InChI=1S/C19H30N4O2/c1-4-15-6-5-7-17(12-15)22-18(24)13-21-19(20-2)23(3)10-11-25-14-16-8-9-16/h5-7,12,16H,4,8-11,13-14H2,1-3H3,(H,20,21)(H,22,24). The maximum Gasteiger partial charge on any atom is 0.243 e. The Kier molecular flexibility index (Phi) is 7.73. The highest BCUT2D eigenvalue weighted by Crippen LogP contribution is 2.28. The van der Waals surface area contributed by atoms with E-state index < -0.39 is 0 Å². The molecule has 25 heavy (non-hydrogen) atoms. The normalized spacial score (nSPS) is 14.3. The zero-order valence-electron chi connectivity index (χ0n) is 15.5. The van der Waals surface area contributed by atoms with E-state index in [0.717, 1.165) is 31.2 Å². The molecule has 2 rings (SSSR count). The van der Waals surface area contributed by atoms with Crippen LogP contribution in [0.5, 0.6) is 0 Å². The summed E-state index contributed by atoms with van der Waals surface area (Å²) in [6, 6.07) is 7.90. The lowest BCUT2D eigenvalue weighted by Crippen LogP contribution is -2.43. The van der Waals surface area contributed by atoms with Crippen LogP contribution in [0, 0.1) is 5.92 Å². The molecule has 1 aliphatic rings. The highest BCUT2D eigenvalue weighted by molar-refractivity contribution is 5.95. The molecule has 1 fully saturated rings. The Labute approximate surface area is 150 Å². The summed E-state index contributed by atoms with van der Waals surface area (Å²) in [7, 11) is 3.66. The second-order valence-corrected chi connectivity index (χ2v) is 6.44. The second kappa shape index (κ2) is 10.0. The van der Waals surface area contributed by atoms with Gasteiger partial charge in [0, 0.05) is 32.9 Å². The number of aryl methyl sites for hydroxylation is 1. The molecule has 1 aliphatic carbocycles. The van der Waals surface area contributed by atoms with Crippen LogP contribution >= 0.6 is 0 Å². The molecule has 1 amide bonds. The topological polar surface area (TPSA) is 66.0 Å². The van der Waals surface area contributed by atoms with Gasteiger partial charge in [0.2, 0.25) is 5.91 Å². The van der Waals surface area contributed by atoms with Crippen LogP contribution in [0.2, 0.25) is 0 Å². The molecule has 6 heteroatoms. The SMILES string of the molecule is CCc1cccc(NC(=O)CNC(=NC)N(C)CCOCC2CC2)c1. The number of carbonyl (C=O) groups excluding carboxylic acids is 1. The molecule has 6 nitrogen and oxygen atoms in total. The van der Waals surface area contributed by atoms with Crippen LogP contribution < -0.4 is 10.6 Å². The molecule has 0 aliphatic heterocycles. The second-order valence-electron chi connectivity index (χ2n) is 6.44. The van der Waals surface area contributed by atoms with Crippen LogP contribution in [0.1, 0.15) is 25.3 Å². The number of guanidine groups is 1. The molecule has 0 unspecified atom stereocenters. The van der Waals surface area contributed by atoms with E-state index in [0.29, 0.717) is 12.6 Å². The van der Waals surface area contributed by atoms with Crippen LogP contribution in [0.15, 0.2) is 29.3 Å². The molecule has 0 spiro atoms. The predicted octanol–water partition coefficient (Wildman–Crippen LogP) is 2.12. The number of aliphatic imine (C=N–C) groups is 1. The molecule has 1 aromatic rings. The Morgan fingerprint density at radius 2 is 2.20 bits per heavy atom. The van der Waals surface area contributed by atoms with Crippen LogP contribution in [-0.4, -0.2) is 57.2 Å². The fourth-order valence-electron chi connectivity index (χ4n) is 2.46. The van der Waals surface area contributed by atoms with Crippen LogP contribution in [-0.2, 0) is 16.0 Å². The molecule has 0 heterocycles. The van der Waals surface area contributed by atoms with Crippen molar-refractivity contribution in [3.05, 3.63) is 29.8 Å². The van der Waals surface area contributed by atoms with E-state index in [2.05, 4.69) is 28.6 Å². The van der Waals surface area contributed by atoms with Crippen molar-refractivity contribution in [3.8, 4) is 0 Å². The number of amides is 1. The van der Waals surface area contributed by atoms with Gasteiger partial charge in [0.1, 0.15) is 0 Å². The van der Waals surface area contributed by atoms with Crippen molar-refractivity contribution in [2.75, 3.05) is 45.7 Å². The van der Waals surface area contributed by atoms with Gasteiger partial charge >= 0.3 is 0 Å². The highest BCUT2D eigenvalue weighted by atomic mass is 16.5. The van der Waals surface area contributed by atoms with Crippen LogP contribution in [0.3, 0.4) is 0 Å². The number of hydrogen-bond acceptors (Lipinski definition) is 3. The molecule has 0 aromatic heterocycles. The largest absolute Gasteiger partial charge is 0.379 e. The van der Waals surface area contributed by atoms with Gasteiger partial charge < -0.3 is 20.3 Å². The minimum atomic E-state index is -0.0900. The Hall–Kier alpha value is -2.08. The zero-order chi connectivity index (χ0) is 18.1. The molecule has 138 valence electrons. The molecule has 2 N–H and O–H groups in total. The van der Waals surface area contributed by atoms with E-state index >= 15 is 0 Å². The summed E-state index contributed by atoms with van der Waals surface area (Å²) in [5, 5.41) is 6.00. The number of hydrogen-bond donors (Lipinski definition) is 2.